The van der Waals surface area contributed by atoms with Gasteiger partial charge in [0.2, 0.25) is 0 Å². The number of rotatable bonds is 6. The SMILES string of the molecule is CN[C@H]1C[C@H](Oc2cccc(CC(=O)CI)c2)C1. The van der Waals surface area contributed by atoms with Gasteiger partial charge < -0.3 is 10.1 Å². The van der Waals surface area contributed by atoms with E-state index in [0.29, 0.717) is 23.0 Å². The standard InChI is InChI=1S/C14H18INO2/c1-16-11-7-14(8-11)18-13-4-2-3-10(6-13)5-12(17)9-15/h2-4,6,11,14,16H,5,7-9H2,1H3/t11-,14-. The minimum Gasteiger partial charge on any atom is -0.490 e. The van der Waals surface area contributed by atoms with Gasteiger partial charge >= 0.3 is 0 Å². The Morgan fingerprint density at radius 3 is 2.94 bits per heavy atom. The fourth-order valence-corrected chi connectivity index (χ4v) is 2.36. The average Bonchev–Trinajstić information content (AvgIpc) is 2.33. The lowest BCUT2D eigenvalue weighted by atomic mass is 9.89. The third-order valence-electron chi connectivity index (χ3n) is 3.25. The Labute approximate surface area is 121 Å². The maximum atomic E-state index is 11.4. The van der Waals surface area contributed by atoms with Gasteiger partial charge in [-0.15, -0.1) is 0 Å². The molecule has 3 nitrogen and oxygen atoms in total. The summed E-state index contributed by atoms with van der Waals surface area (Å²) in [7, 11) is 1.98. The zero-order valence-corrected chi connectivity index (χ0v) is 12.6. The largest absolute Gasteiger partial charge is 0.490 e. The van der Waals surface area contributed by atoms with Crippen molar-refractivity contribution in [2.24, 2.45) is 0 Å². The van der Waals surface area contributed by atoms with Gasteiger partial charge in [0, 0.05) is 12.5 Å². The van der Waals surface area contributed by atoms with E-state index in [1.807, 2.05) is 31.3 Å². The number of halogens is 1. The van der Waals surface area contributed by atoms with Crippen LogP contribution in [0.15, 0.2) is 24.3 Å². The molecule has 1 aromatic carbocycles. The van der Waals surface area contributed by atoms with Crippen LogP contribution in [0.2, 0.25) is 0 Å². The lowest BCUT2D eigenvalue weighted by Crippen LogP contribution is -2.45. The number of alkyl halides is 1. The van der Waals surface area contributed by atoms with E-state index in [0.717, 1.165) is 24.2 Å². The van der Waals surface area contributed by atoms with E-state index < -0.39 is 0 Å². The normalized spacial score (nSPS) is 22.3. The number of carbonyl (C=O) groups is 1. The number of hydrogen-bond donors (Lipinski definition) is 1. The highest BCUT2D eigenvalue weighted by atomic mass is 127. The Kier molecular flexibility index (Phi) is 5.00. The fourth-order valence-electron chi connectivity index (χ4n) is 2.09. The number of ketones is 1. The van der Waals surface area contributed by atoms with E-state index in [9.17, 15) is 4.79 Å². The van der Waals surface area contributed by atoms with Crippen LogP contribution in [0, 0.1) is 0 Å². The molecule has 18 heavy (non-hydrogen) atoms. The molecule has 1 saturated carbocycles. The number of benzene rings is 1. The molecule has 1 N–H and O–H groups in total. The molecule has 1 aliphatic carbocycles. The monoisotopic (exact) mass is 359 g/mol. The molecule has 0 radical (unpaired) electrons. The van der Waals surface area contributed by atoms with Crippen LogP contribution in [0.3, 0.4) is 0 Å². The van der Waals surface area contributed by atoms with Gasteiger partial charge in [0.1, 0.15) is 17.6 Å². The average molecular weight is 359 g/mol. The Morgan fingerprint density at radius 1 is 1.50 bits per heavy atom. The molecular formula is C14H18INO2. The number of Topliss-reactive ketones (excluding diaryl/α,β-unsaturated/α-hetero) is 1. The second-order valence-electron chi connectivity index (χ2n) is 4.69. The summed E-state index contributed by atoms with van der Waals surface area (Å²) in [6.45, 7) is 0. The summed E-state index contributed by atoms with van der Waals surface area (Å²) in [6, 6.07) is 8.48. The molecule has 0 saturated heterocycles. The molecule has 0 aromatic heterocycles. The topological polar surface area (TPSA) is 38.3 Å². The van der Waals surface area contributed by atoms with Crippen LogP contribution in [-0.2, 0) is 11.2 Å². The van der Waals surface area contributed by atoms with Crippen LogP contribution in [0.5, 0.6) is 5.75 Å². The minimum atomic E-state index is 0.256. The van der Waals surface area contributed by atoms with Crippen molar-refractivity contribution in [3.8, 4) is 5.75 Å². The van der Waals surface area contributed by atoms with E-state index in [4.69, 9.17) is 4.74 Å². The second-order valence-corrected chi connectivity index (χ2v) is 5.46. The highest BCUT2D eigenvalue weighted by Crippen LogP contribution is 2.26. The Bertz CT molecular complexity index is 416. The molecule has 0 bridgehead atoms. The van der Waals surface area contributed by atoms with E-state index in [1.54, 1.807) is 0 Å². The number of ether oxygens (including phenoxy) is 1. The van der Waals surface area contributed by atoms with Gasteiger partial charge in [0.25, 0.3) is 0 Å². The Hall–Kier alpha value is -0.620. The predicted octanol–water partition coefficient (Wildman–Crippen LogP) is 2.36. The molecule has 1 fully saturated rings. The molecule has 0 spiro atoms. The molecule has 0 amide bonds. The van der Waals surface area contributed by atoms with Gasteiger partial charge in [-0.1, -0.05) is 34.7 Å². The quantitative estimate of drug-likeness (QED) is 0.626. The molecule has 1 aromatic rings. The maximum Gasteiger partial charge on any atom is 0.146 e. The number of hydrogen-bond acceptors (Lipinski definition) is 3. The molecule has 0 aliphatic heterocycles. The Balaban J connectivity index is 1.89. The fraction of sp³-hybridized carbons (Fsp3) is 0.500. The first kappa shape index (κ1) is 13.8. The van der Waals surface area contributed by atoms with Crippen molar-refractivity contribution >= 4 is 28.4 Å². The van der Waals surface area contributed by atoms with E-state index in [1.165, 1.54) is 0 Å². The smallest absolute Gasteiger partial charge is 0.146 e. The summed E-state index contributed by atoms with van der Waals surface area (Å²) in [5.74, 6) is 1.14. The Morgan fingerprint density at radius 2 is 2.28 bits per heavy atom. The van der Waals surface area contributed by atoms with Crippen molar-refractivity contribution < 1.29 is 9.53 Å². The van der Waals surface area contributed by atoms with Gasteiger partial charge in [-0.2, -0.15) is 0 Å². The lowest BCUT2D eigenvalue weighted by molar-refractivity contribution is -0.115. The second kappa shape index (κ2) is 6.52. The third-order valence-corrected chi connectivity index (χ3v) is 4.11. The van der Waals surface area contributed by atoms with Crippen molar-refractivity contribution in [1.82, 2.24) is 5.32 Å². The van der Waals surface area contributed by atoms with Crippen molar-refractivity contribution in [3.63, 3.8) is 0 Å². The van der Waals surface area contributed by atoms with Gasteiger partial charge in [-0.25, -0.2) is 0 Å². The van der Waals surface area contributed by atoms with Crippen LogP contribution >= 0.6 is 22.6 Å². The first-order chi connectivity index (χ1) is 8.71. The van der Waals surface area contributed by atoms with Gasteiger partial charge in [-0.3, -0.25) is 4.79 Å². The van der Waals surface area contributed by atoms with E-state index in [2.05, 4.69) is 27.9 Å². The molecule has 4 heteroatoms. The van der Waals surface area contributed by atoms with Crippen molar-refractivity contribution in [3.05, 3.63) is 29.8 Å². The first-order valence-corrected chi connectivity index (χ1v) is 7.74. The predicted molar refractivity (Wildman–Crippen MR) is 80.5 cm³/mol. The van der Waals surface area contributed by atoms with Crippen LogP contribution in [0.25, 0.3) is 0 Å². The number of carbonyl (C=O) groups excluding carboxylic acids is 1. The summed E-state index contributed by atoms with van der Waals surface area (Å²) in [5.41, 5.74) is 1.04. The summed E-state index contributed by atoms with van der Waals surface area (Å²) in [4.78, 5) is 11.4. The minimum absolute atomic E-state index is 0.256. The van der Waals surface area contributed by atoms with Crippen LogP contribution < -0.4 is 10.1 Å². The van der Waals surface area contributed by atoms with E-state index in [-0.39, 0.29) is 5.78 Å². The highest BCUT2D eigenvalue weighted by Gasteiger charge is 2.29. The molecule has 1 aliphatic rings. The van der Waals surface area contributed by atoms with Gasteiger partial charge in [0.05, 0.1) is 4.43 Å². The third kappa shape index (κ3) is 3.68. The van der Waals surface area contributed by atoms with Gasteiger partial charge in [0.15, 0.2) is 0 Å². The van der Waals surface area contributed by atoms with Crippen LogP contribution in [0.4, 0.5) is 0 Å². The van der Waals surface area contributed by atoms with Gasteiger partial charge in [-0.05, 0) is 37.6 Å². The summed E-state index contributed by atoms with van der Waals surface area (Å²) in [5, 5.41) is 3.24. The van der Waals surface area contributed by atoms with E-state index >= 15 is 0 Å². The van der Waals surface area contributed by atoms with Crippen molar-refractivity contribution in [1.29, 1.82) is 0 Å². The van der Waals surface area contributed by atoms with Crippen molar-refractivity contribution in [2.75, 3.05) is 11.5 Å². The number of nitrogens with one attached hydrogen (secondary N) is 1. The molecular weight excluding hydrogens is 341 g/mol. The van der Waals surface area contributed by atoms with Crippen LogP contribution in [0.1, 0.15) is 18.4 Å². The summed E-state index contributed by atoms with van der Waals surface area (Å²) >= 11 is 2.10. The molecule has 98 valence electrons. The first-order valence-electron chi connectivity index (χ1n) is 6.21. The molecule has 0 atom stereocenters. The molecule has 0 unspecified atom stereocenters. The summed E-state index contributed by atoms with van der Waals surface area (Å²) in [6.07, 6.45) is 2.95. The highest BCUT2D eigenvalue weighted by molar-refractivity contribution is 14.1. The lowest BCUT2D eigenvalue weighted by Gasteiger charge is -2.35. The van der Waals surface area contributed by atoms with Crippen molar-refractivity contribution in [2.45, 2.75) is 31.4 Å². The summed E-state index contributed by atoms with van der Waals surface area (Å²) < 4.78 is 6.45. The zero-order chi connectivity index (χ0) is 13.0. The molecule has 0 heterocycles. The maximum absolute atomic E-state index is 11.4. The van der Waals surface area contributed by atoms with Crippen LogP contribution in [-0.4, -0.2) is 29.4 Å². The zero-order valence-electron chi connectivity index (χ0n) is 10.5. The molecule has 2 rings (SSSR count).